The first-order chi connectivity index (χ1) is 11.7. The zero-order chi connectivity index (χ0) is 17.2. The van der Waals surface area contributed by atoms with Crippen LogP contribution in [0, 0.1) is 0 Å². The number of ether oxygens (including phenoxy) is 1. The molecule has 0 atom stereocenters. The zero-order valence-electron chi connectivity index (χ0n) is 14.7. The minimum absolute atomic E-state index is 0. The van der Waals surface area contributed by atoms with Gasteiger partial charge >= 0.3 is 0 Å². The maximum absolute atomic E-state index is 12.6. The maximum Gasteiger partial charge on any atom is 0.227 e. The molecular formula is C20H27ClN2O2. The number of hydrogen-bond donors (Lipinski definition) is 1. The smallest absolute Gasteiger partial charge is 0.227 e. The Bertz CT molecular complexity index is 617. The SMILES string of the molecule is CCOc1ccc(CC(=O)N(CCN)CCc2ccccc2)cc1.Cl. The lowest BCUT2D eigenvalue weighted by atomic mass is 10.1. The van der Waals surface area contributed by atoms with Crippen LogP contribution >= 0.6 is 12.4 Å². The standard InChI is InChI=1S/C20H26N2O2.ClH/c1-2-24-19-10-8-18(9-11-19)16-20(23)22(15-13-21)14-12-17-6-4-3-5-7-17;/h3-11H,2,12-16,21H2,1H3;1H. The van der Waals surface area contributed by atoms with Gasteiger partial charge in [0.2, 0.25) is 5.91 Å². The van der Waals surface area contributed by atoms with Gasteiger partial charge in [0, 0.05) is 19.6 Å². The Kier molecular flexibility index (Phi) is 9.66. The second-order valence-corrected chi connectivity index (χ2v) is 5.66. The Hall–Kier alpha value is -2.04. The molecule has 0 heterocycles. The van der Waals surface area contributed by atoms with Crippen molar-refractivity contribution in [1.29, 1.82) is 0 Å². The zero-order valence-corrected chi connectivity index (χ0v) is 15.5. The summed E-state index contributed by atoms with van der Waals surface area (Å²) in [5.74, 6) is 0.942. The summed E-state index contributed by atoms with van der Waals surface area (Å²) < 4.78 is 5.43. The van der Waals surface area contributed by atoms with Crippen LogP contribution in [0.15, 0.2) is 54.6 Å². The topological polar surface area (TPSA) is 55.6 Å². The molecule has 0 bridgehead atoms. The number of benzene rings is 2. The van der Waals surface area contributed by atoms with E-state index in [1.807, 2.05) is 54.3 Å². The minimum atomic E-state index is 0. The van der Waals surface area contributed by atoms with Gasteiger partial charge < -0.3 is 15.4 Å². The molecule has 0 saturated heterocycles. The first kappa shape index (κ1) is 21.0. The molecule has 0 aromatic heterocycles. The molecule has 2 N–H and O–H groups in total. The predicted molar refractivity (Wildman–Crippen MR) is 104 cm³/mol. The van der Waals surface area contributed by atoms with E-state index >= 15 is 0 Å². The van der Waals surface area contributed by atoms with Crippen molar-refractivity contribution in [2.45, 2.75) is 19.8 Å². The van der Waals surface area contributed by atoms with Gasteiger partial charge in [0.1, 0.15) is 5.75 Å². The molecule has 0 radical (unpaired) electrons. The predicted octanol–water partition coefficient (Wildman–Crippen LogP) is 3.08. The van der Waals surface area contributed by atoms with E-state index in [1.165, 1.54) is 5.56 Å². The van der Waals surface area contributed by atoms with Gasteiger partial charge in [0.25, 0.3) is 0 Å². The van der Waals surface area contributed by atoms with Gasteiger partial charge in [-0.1, -0.05) is 42.5 Å². The van der Waals surface area contributed by atoms with E-state index in [4.69, 9.17) is 10.5 Å². The van der Waals surface area contributed by atoms with Gasteiger partial charge in [-0.2, -0.15) is 0 Å². The lowest BCUT2D eigenvalue weighted by Gasteiger charge is -2.22. The van der Waals surface area contributed by atoms with Crippen molar-refractivity contribution in [3.63, 3.8) is 0 Å². The average molecular weight is 363 g/mol. The number of nitrogens with zero attached hydrogens (tertiary/aromatic N) is 1. The quantitative estimate of drug-likeness (QED) is 0.745. The molecule has 5 heteroatoms. The molecule has 25 heavy (non-hydrogen) atoms. The van der Waals surface area contributed by atoms with E-state index in [1.54, 1.807) is 0 Å². The first-order valence-corrected chi connectivity index (χ1v) is 8.46. The van der Waals surface area contributed by atoms with E-state index < -0.39 is 0 Å². The van der Waals surface area contributed by atoms with Crippen LogP contribution in [0.5, 0.6) is 5.75 Å². The van der Waals surface area contributed by atoms with Crippen LogP contribution in [0.2, 0.25) is 0 Å². The van der Waals surface area contributed by atoms with Crippen molar-refractivity contribution in [2.24, 2.45) is 5.73 Å². The number of halogens is 1. The molecule has 2 aromatic carbocycles. The largest absolute Gasteiger partial charge is 0.494 e. The highest BCUT2D eigenvalue weighted by Crippen LogP contribution is 2.13. The first-order valence-electron chi connectivity index (χ1n) is 8.46. The number of carbonyl (C=O) groups excluding carboxylic acids is 1. The molecule has 1 amide bonds. The summed E-state index contributed by atoms with van der Waals surface area (Å²) in [6.45, 7) is 4.35. The fourth-order valence-electron chi connectivity index (χ4n) is 2.58. The molecule has 2 aromatic rings. The van der Waals surface area contributed by atoms with Crippen LogP contribution in [0.4, 0.5) is 0 Å². The third-order valence-electron chi connectivity index (χ3n) is 3.85. The Morgan fingerprint density at radius 1 is 1.00 bits per heavy atom. The summed E-state index contributed by atoms with van der Waals surface area (Å²) in [5.41, 5.74) is 7.89. The fourth-order valence-corrected chi connectivity index (χ4v) is 2.58. The summed E-state index contributed by atoms with van der Waals surface area (Å²) in [5, 5.41) is 0. The molecule has 136 valence electrons. The normalized spacial score (nSPS) is 10.0. The van der Waals surface area contributed by atoms with Crippen molar-refractivity contribution in [3.8, 4) is 5.75 Å². The summed E-state index contributed by atoms with van der Waals surface area (Å²) in [6.07, 6.45) is 1.23. The Labute approximate surface area is 156 Å². The highest BCUT2D eigenvalue weighted by molar-refractivity contribution is 5.85. The van der Waals surface area contributed by atoms with Crippen LogP contribution in [0.1, 0.15) is 18.1 Å². The highest BCUT2D eigenvalue weighted by Gasteiger charge is 2.13. The molecule has 2 rings (SSSR count). The van der Waals surface area contributed by atoms with Crippen LogP contribution in [0.25, 0.3) is 0 Å². The highest BCUT2D eigenvalue weighted by atomic mass is 35.5. The third-order valence-corrected chi connectivity index (χ3v) is 3.85. The lowest BCUT2D eigenvalue weighted by Crippen LogP contribution is -2.37. The van der Waals surface area contributed by atoms with Gasteiger partial charge in [0.05, 0.1) is 13.0 Å². The van der Waals surface area contributed by atoms with Crippen molar-refractivity contribution in [1.82, 2.24) is 4.90 Å². The molecule has 0 unspecified atom stereocenters. The van der Waals surface area contributed by atoms with Crippen LogP contribution in [0.3, 0.4) is 0 Å². The summed E-state index contributed by atoms with van der Waals surface area (Å²) in [7, 11) is 0. The van der Waals surface area contributed by atoms with E-state index in [2.05, 4.69) is 12.1 Å². The van der Waals surface area contributed by atoms with Gasteiger partial charge in [-0.3, -0.25) is 4.79 Å². The van der Waals surface area contributed by atoms with Crippen molar-refractivity contribution >= 4 is 18.3 Å². The molecule has 0 aliphatic heterocycles. The van der Waals surface area contributed by atoms with E-state index in [-0.39, 0.29) is 18.3 Å². The molecule has 0 spiro atoms. The van der Waals surface area contributed by atoms with Crippen molar-refractivity contribution in [2.75, 3.05) is 26.2 Å². The van der Waals surface area contributed by atoms with Crippen molar-refractivity contribution in [3.05, 3.63) is 65.7 Å². The van der Waals surface area contributed by atoms with Crippen molar-refractivity contribution < 1.29 is 9.53 Å². The van der Waals surface area contributed by atoms with Gasteiger partial charge in [-0.05, 0) is 36.6 Å². The Balaban J connectivity index is 0.00000312. The van der Waals surface area contributed by atoms with Crippen LogP contribution in [-0.4, -0.2) is 37.0 Å². The third kappa shape index (κ3) is 7.16. The van der Waals surface area contributed by atoms with E-state index in [0.717, 1.165) is 17.7 Å². The number of amides is 1. The number of hydrogen-bond acceptors (Lipinski definition) is 3. The summed E-state index contributed by atoms with van der Waals surface area (Å²) >= 11 is 0. The number of carbonyl (C=O) groups is 1. The lowest BCUT2D eigenvalue weighted by molar-refractivity contribution is -0.130. The molecule has 0 fully saturated rings. The number of nitrogens with two attached hydrogens (primary N) is 1. The maximum atomic E-state index is 12.6. The second-order valence-electron chi connectivity index (χ2n) is 5.66. The van der Waals surface area contributed by atoms with Gasteiger partial charge in [0.15, 0.2) is 0 Å². The molecule has 0 aliphatic rings. The fraction of sp³-hybridized carbons (Fsp3) is 0.350. The molecule has 0 aliphatic carbocycles. The molecule has 0 saturated carbocycles. The monoisotopic (exact) mass is 362 g/mol. The summed E-state index contributed by atoms with van der Waals surface area (Å²) in [4.78, 5) is 14.4. The van der Waals surface area contributed by atoms with Gasteiger partial charge in [-0.25, -0.2) is 0 Å². The minimum Gasteiger partial charge on any atom is -0.494 e. The second kappa shape index (κ2) is 11.5. The van der Waals surface area contributed by atoms with Crippen LogP contribution in [-0.2, 0) is 17.6 Å². The van der Waals surface area contributed by atoms with E-state index in [0.29, 0.717) is 32.7 Å². The molecular weight excluding hydrogens is 336 g/mol. The number of rotatable bonds is 9. The molecule has 4 nitrogen and oxygen atoms in total. The van der Waals surface area contributed by atoms with Crippen LogP contribution < -0.4 is 10.5 Å². The van der Waals surface area contributed by atoms with Gasteiger partial charge in [-0.15, -0.1) is 12.4 Å². The van der Waals surface area contributed by atoms with E-state index in [9.17, 15) is 4.79 Å². The Morgan fingerprint density at radius 3 is 2.28 bits per heavy atom. The Morgan fingerprint density at radius 2 is 1.68 bits per heavy atom. The average Bonchev–Trinajstić information content (AvgIpc) is 2.61. The summed E-state index contributed by atoms with van der Waals surface area (Å²) in [6, 6.07) is 17.9.